The van der Waals surface area contributed by atoms with E-state index in [1.807, 2.05) is 32.0 Å². The Hall–Kier alpha value is -1.51. The molecule has 0 saturated heterocycles. The minimum atomic E-state index is -0.857. The van der Waals surface area contributed by atoms with Gasteiger partial charge in [0.05, 0.1) is 0 Å². The van der Waals surface area contributed by atoms with Crippen LogP contribution in [-0.2, 0) is 11.2 Å². The first kappa shape index (κ1) is 14.6. The van der Waals surface area contributed by atoms with E-state index in [1.54, 1.807) is 0 Å². The third kappa shape index (κ3) is 3.03. The number of carboxylic acid groups (broad SMARTS) is 1. The van der Waals surface area contributed by atoms with E-state index in [4.69, 9.17) is 0 Å². The lowest BCUT2D eigenvalue weighted by atomic mass is 9.92. The van der Waals surface area contributed by atoms with Crippen LogP contribution in [0.2, 0.25) is 0 Å². The second kappa shape index (κ2) is 6.43. The van der Waals surface area contributed by atoms with Crippen molar-refractivity contribution in [1.29, 1.82) is 0 Å². The van der Waals surface area contributed by atoms with Gasteiger partial charge in [-0.05, 0) is 30.9 Å². The Morgan fingerprint density at radius 2 is 1.83 bits per heavy atom. The number of aliphatic carboxylic acids is 1. The lowest BCUT2D eigenvalue weighted by molar-refractivity contribution is -0.142. The molecule has 3 nitrogen and oxygen atoms in total. The second-order valence-electron chi connectivity index (χ2n) is 4.63. The SMILES string of the molecule is CCCc1ccccc1NC(CC)(CC)C(=O)O. The fraction of sp³-hybridized carbons (Fsp3) is 0.533. The Kier molecular flexibility index (Phi) is 5.20. The number of para-hydroxylation sites is 1. The molecule has 2 N–H and O–H groups in total. The topological polar surface area (TPSA) is 49.3 Å². The number of nitrogens with one attached hydrogen (secondary N) is 1. The molecule has 0 aliphatic rings. The molecular formula is C15H23NO2. The molecule has 0 bridgehead atoms. The van der Waals surface area contributed by atoms with Crippen LogP contribution < -0.4 is 5.32 Å². The number of aryl methyl sites for hydroxylation is 1. The van der Waals surface area contributed by atoms with Crippen molar-refractivity contribution in [3.05, 3.63) is 29.8 Å². The highest BCUT2D eigenvalue weighted by Gasteiger charge is 2.34. The number of hydrogen-bond acceptors (Lipinski definition) is 2. The van der Waals surface area contributed by atoms with Crippen LogP contribution in [0.1, 0.15) is 45.6 Å². The number of rotatable bonds is 7. The summed E-state index contributed by atoms with van der Waals surface area (Å²) in [6.07, 6.45) is 3.15. The molecule has 0 radical (unpaired) electrons. The van der Waals surface area contributed by atoms with E-state index in [-0.39, 0.29) is 0 Å². The highest BCUT2D eigenvalue weighted by atomic mass is 16.4. The molecule has 0 atom stereocenters. The second-order valence-corrected chi connectivity index (χ2v) is 4.63. The predicted octanol–water partition coefficient (Wildman–Crippen LogP) is 3.69. The van der Waals surface area contributed by atoms with Crippen LogP contribution in [0, 0.1) is 0 Å². The molecule has 0 saturated carbocycles. The van der Waals surface area contributed by atoms with E-state index in [0.717, 1.165) is 18.5 Å². The first-order valence-corrected chi connectivity index (χ1v) is 6.69. The van der Waals surface area contributed by atoms with E-state index in [0.29, 0.717) is 12.8 Å². The Bertz CT molecular complexity index is 397. The third-order valence-corrected chi connectivity index (χ3v) is 3.53. The highest BCUT2D eigenvalue weighted by Crippen LogP contribution is 2.26. The minimum absolute atomic E-state index is 0.569. The van der Waals surface area contributed by atoms with Crippen LogP contribution in [0.25, 0.3) is 0 Å². The molecule has 0 heterocycles. The molecule has 0 aromatic heterocycles. The summed E-state index contributed by atoms with van der Waals surface area (Å²) in [6.45, 7) is 5.95. The van der Waals surface area contributed by atoms with Gasteiger partial charge in [-0.1, -0.05) is 45.4 Å². The Morgan fingerprint density at radius 3 is 2.33 bits per heavy atom. The van der Waals surface area contributed by atoms with Crippen molar-refractivity contribution in [3.63, 3.8) is 0 Å². The van der Waals surface area contributed by atoms with Crippen molar-refractivity contribution >= 4 is 11.7 Å². The summed E-state index contributed by atoms with van der Waals surface area (Å²) in [6, 6.07) is 7.97. The molecule has 100 valence electrons. The van der Waals surface area contributed by atoms with E-state index in [2.05, 4.69) is 18.3 Å². The van der Waals surface area contributed by atoms with Gasteiger partial charge in [0.2, 0.25) is 0 Å². The highest BCUT2D eigenvalue weighted by molar-refractivity contribution is 5.83. The van der Waals surface area contributed by atoms with Gasteiger partial charge in [-0.15, -0.1) is 0 Å². The Balaban J connectivity index is 3.04. The average Bonchev–Trinajstić information content (AvgIpc) is 2.38. The van der Waals surface area contributed by atoms with Crippen LogP contribution in [0.4, 0.5) is 5.69 Å². The van der Waals surface area contributed by atoms with Gasteiger partial charge >= 0.3 is 5.97 Å². The average molecular weight is 249 g/mol. The molecule has 1 rings (SSSR count). The van der Waals surface area contributed by atoms with E-state index < -0.39 is 11.5 Å². The first-order chi connectivity index (χ1) is 8.59. The summed E-state index contributed by atoms with van der Waals surface area (Å²) in [5, 5.41) is 12.7. The van der Waals surface area contributed by atoms with Crippen LogP contribution in [0.15, 0.2) is 24.3 Å². The lowest BCUT2D eigenvalue weighted by Crippen LogP contribution is -2.45. The maximum atomic E-state index is 11.5. The summed E-state index contributed by atoms with van der Waals surface area (Å²) >= 11 is 0. The van der Waals surface area contributed by atoms with Crippen molar-refractivity contribution in [2.24, 2.45) is 0 Å². The van der Waals surface area contributed by atoms with Crippen molar-refractivity contribution in [3.8, 4) is 0 Å². The fourth-order valence-electron chi connectivity index (χ4n) is 2.17. The van der Waals surface area contributed by atoms with Crippen LogP contribution in [-0.4, -0.2) is 16.6 Å². The van der Waals surface area contributed by atoms with Gasteiger partial charge in [-0.25, -0.2) is 4.79 Å². The van der Waals surface area contributed by atoms with E-state index in [9.17, 15) is 9.90 Å². The van der Waals surface area contributed by atoms with Gasteiger partial charge < -0.3 is 10.4 Å². The molecule has 3 heteroatoms. The summed E-state index contributed by atoms with van der Waals surface area (Å²) in [4.78, 5) is 11.5. The summed E-state index contributed by atoms with van der Waals surface area (Å²) in [7, 11) is 0. The molecule has 18 heavy (non-hydrogen) atoms. The summed E-state index contributed by atoms with van der Waals surface area (Å²) in [5.74, 6) is -0.779. The molecule has 0 amide bonds. The molecule has 0 unspecified atom stereocenters. The number of benzene rings is 1. The van der Waals surface area contributed by atoms with E-state index in [1.165, 1.54) is 5.56 Å². The third-order valence-electron chi connectivity index (χ3n) is 3.53. The van der Waals surface area contributed by atoms with Gasteiger partial charge in [-0.2, -0.15) is 0 Å². The quantitative estimate of drug-likeness (QED) is 0.774. The molecule has 0 aliphatic carbocycles. The monoisotopic (exact) mass is 249 g/mol. The van der Waals surface area contributed by atoms with Gasteiger partial charge in [0.15, 0.2) is 0 Å². The van der Waals surface area contributed by atoms with Crippen molar-refractivity contribution < 1.29 is 9.90 Å². The van der Waals surface area contributed by atoms with E-state index >= 15 is 0 Å². The first-order valence-electron chi connectivity index (χ1n) is 6.69. The standard InChI is InChI=1S/C15H23NO2/c1-4-9-12-10-7-8-11-13(12)16-15(5-2,6-3)14(17)18/h7-8,10-11,16H,4-6,9H2,1-3H3,(H,17,18). The lowest BCUT2D eigenvalue weighted by Gasteiger charge is -2.30. The number of anilines is 1. The smallest absolute Gasteiger partial charge is 0.329 e. The van der Waals surface area contributed by atoms with Gasteiger partial charge in [-0.3, -0.25) is 0 Å². The fourth-order valence-corrected chi connectivity index (χ4v) is 2.17. The predicted molar refractivity (Wildman–Crippen MR) is 75.0 cm³/mol. The molecule has 0 spiro atoms. The maximum absolute atomic E-state index is 11.5. The van der Waals surface area contributed by atoms with Crippen molar-refractivity contribution in [1.82, 2.24) is 0 Å². The zero-order valence-electron chi connectivity index (χ0n) is 11.5. The van der Waals surface area contributed by atoms with Crippen LogP contribution >= 0.6 is 0 Å². The zero-order chi connectivity index (χ0) is 13.6. The van der Waals surface area contributed by atoms with Gasteiger partial charge in [0.1, 0.15) is 5.54 Å². The maximum Gasteiger partial charge on any atom is 0.329 e. The number of carbonyl (C=O) groups is 1. The number of carboxylic acids is 1. The van der Waals surface area contributed by atoms with Crippen LogP contribution in [0.3, 0.4) is 0 Å². The number of hydrogen-bond donors (Lipinski definition) is 2. The normalized spacial score (nSPS) is 11.3. The van der Waals surface area contributed by atoms with Gasteiger partial charge in [0, 0.05) is 5.69 Å². The largest absolute Gasteiger partial charge is 0.480 e. The Labute approximate surface area is 109 Å². The van der Waals surface area contributed by atoms with Crippen molar-refractivity contribution in [2.75, 3.05) is 5.32 Å². The molecule has 1 aromatic carbocycles. The minimum Gasteiger partial charge on any atom is -0.480 e. The summed E-state index contributed by atoms with van der Waals surface area (Å²) < 4.78 is 0. The van der Waals surface area contributed by atoms with Gasteiger partial charge in [0.25, 0.3) is 0 Å². The summed E-state index contributed by atoms with van der Waals surface area (Å²) in [5.41, 5.74) is 1.28. The Morgan fingerprint density at radius 1 is 1.22 bits per heavy atom. The zero-order valence-corrected chi connectivity index (χ0v) is 11.5. The molecule has 0 fully saturated rings. The van der Waals surface area contributed by atoms with Crippen LogP contribution in [0.5, 0.6) is 0 Å². The molecular weight excluding hydrogens is 226 g/mol. The van der Waals surface area contributed by atoms with Crippen molar-refractivity contribution in [2.45, 2.75) is 52.0 Å². The molecule has 1 aromatic rings. The molecule has 0 aliphatic heterocycles.